The van der Waals surface area contributed by atoms with Crippen LogP contribution in [0.4, 0.5) is 15.9 Å². The SMILES string of the molecule is CC(=O)N1CCN(C(=O)c2cnc(Nc3ccc(F)c(Cl)c3)cn2)CC1. The van der Waals surface area contributed by atoms with Crippen LogP contribution in [-0.4, -0.2) is 57.8 Å². The number of halogens is 2. The Kier molecular flexibility index (Phi) is 5.32. The highest BCUT2D eigenvalue weighted by atomic mass is 35.5. The lowest BCUT2D eigenvalue weighted by Gasteiger charge is -2.33. The summed E-state index contributed by atoms with van der Waals surface area (Å²) in [4.78, 5) is 35.5. The third-order valence-corrected chi connectivity index (χ3v) is 4.36. The van der Waals surface area contributed by atoms with Crippen molar-refractivity contribution in [2.24, 2.45) is 0 Å². The Bertz CT molecular complexity index is 822. The van der Waals surface area contributed by atoms with Crippen LogP contribution in [0.2, 0.25) is 5.02 Å². The van der Waals surface area contributed by atoms with Crippen LogP contribution < -0.4 is 5.32 Å². The van der Waals surface area contributed by atoms with Crippen molar-refractivity contribution in [1.29, 1.82) is 0 Å². The summed E-state index contributed by atoms with van der Waals surface area (Å²) < 4.78 is 13.2. The van der Waals surface area contributed by atoms with E-state index in [-0.39, 0.29) is 22.5 Å². The van der Waals surface area contributed by atoms with Crippen molar-refractivity contribution >= 4 is 34.9 Å². The number of rotatable bonds is 3. The summed E-state index contributed by atoms with van der Waals surface area (Å²) in [5, 5.41) is 2.94. The number of nitrogens with zero attached hydrogens (tertiary/aromatic N) is 4. The average Bonchev–Trinajstić information content (AvgIpc) is 2.65. The normalized spacial score (nSPS) is 14.3. The highest BCUT2D eigenvalue weighted by Gasteiger charge is 2.24. The first-order valence-electron chi connectivity index (χ1n) is 8.03. The lowest BCUT2D eigenvalue weighted by atomic mass is 10.2. The number of nitrogens with one attached hydrogen (secondary N) is 1. The first kappa shape index (κ1) is 18.1. The fourth-order valence-corrected chi connectivity index (χ4v) is 2.79. The van der Waals surface area contributed by atoms with E-state index in [1.54, 1.807) is 9.80 Å². The Balaban J connectivity index is 1.63. The van der Waals surface area contributed by atoms with E-state index >= 15 is 0 Å². The van der Waals surface area contributed by atoms with Gasteiger partial charge in [-0.25, -0.2) is 14.4 Å². The van der Waals surface area contributed by atoms with E-state index in [0.717, 1.165) is 0 Å². The lowest BCUT2D eigenvalue weighted by molar-refractivity contribution is -0.130. The largest absolute Gasteiger partial charge is 0.339 e. The summed E-state index contributed by atoms with van der Waals surface area (Å²) in [6.45, 7) is 3.48. The van der Waals surface area contributed by atoms with Gasteiger partial charge in [0.15, 0.2) is 0 Å². The van der Waals surface area contributed by atoms with Gasteiger partial charge in [0.05, 0.1) is 17.4 Å². The van der Waals surface area contributed by atoms with Crippen molar-refractivity contribution in [3.05, 3.63) is 47.1 Å². The van der Waals surface area contributed by atoms with Gasteiger partial charge in [0, 0.05) is 38.8 Å². The molecule has 9 heteroatoms. The molecule has 1 saturated heterocycles. The van der Waals surface area contributed by atoms with Crippen LogP contribution in [0.3, 0.4) is 0 Å². The summed E-state index contributed by atoms with van der Waals surface area (Å²) in [6.07, 6.45) is 2.81. The molecule has 136 valence electrons. The van der Waals surface area contributed by atoms with Gasteiger partial charge in [0.2, 0.25) is 5.91 Å². The van der Waals surface area contributed by atoms with Crippen molar-refractivity contribution < 1.29 is 14.0 Å². The van der Waals surface area contributed by atoms with Crippen LogP contribution in [-0.2, 0) is 4.79 Å². The van der Waals surface area contributed by atoms with E-state index in [2.05, 4.69) is 15.3 Å². The van der Waals surface area contributed by atoms with Gasteiger partial charge in [0.1, 0.15) is 17.3 Å². The van der Waals surface area contributed by atoms with Gasteiger partial charge in [-0.05, 0) is 18.2 Å². The first-order chi connectivity index (χ1) is 12.4. The number of amides is 2. The summed E-state index contributed by atoms with van der Waals surface area (Å²) >= 11 is 5.74. The second-order valence-corrected chi connectivity index (χ2v) is 6.25. The predicted octanol–water partition coefficient (Wildman–Crippen LogP) is 2.32. The molecule has 2 aromatic rings. The number of hydrogen-bond donors (Lipinski definition) is 1. The van der Waals surface area contributed by atoms with E-state index in [1.807, 2.05) is 0 Å². The van der Waals surface area contributed by atoms with E-state index in [9.17, 15) is 14.0 Å². The molecule has 1 aliphatic heterocycles. The minimum atomic E-state index is -0.505. The molecule has 0 saturated carbocycles. The number of piperazine rings is 1. The third kappa shape index (κ3) is 4.08. The van der Waals surface area contributed by atoms with Gasteiger partial charge in [-0.15, -0.1) is 0 Å². The Hall–Kier alpha value is -2.74. The van der Waals surface area contributed by atoms with Gasteiger partial charge in [-0.3, -0.25) is 9.59 Å². The van der Waals surface area contributed by atoms with Gasteiger partial charge in [0.25, 0.3) is 5.91 Å². The van der Waals surface area contributed by atoms with Crippen LogP contribution >= 0.6 is 11.6 Å². The molecule has 0 unspecified atom stereocenters. The molecule has 2 heterocycles. The zero-order valence-electron chi connectivity index (χ0n) is 14.1. The molecule has 0 bridgehead atoms. The van der Waals surface area contributed by atoms with E-state index in [4.69, 9.17) is 11.6 Å². The number of benzene rings is 1. The lowest BCUT2D eigenvalue weighted by Crippen LogP contribution is -2.50. The number of aromatic nitrogens is 2. The monoisotopic (exact) mass is 377 g/mol. The Morgan fingerprint density at radius 2 is 1.81 bits per heavy atom. The molecule has 1 aromatic heterocycles. The Morgan fingerprint density at radius 1 is 1.12 bits per heavy atom. The molecule has 7 nitrogen and oxygen atoms in total. The number of anilines is 2. The molecule has 0 atom stereocenters. The summed E-state index contributed by atoms with van der Waals surface area (Å²) in [5.74, 6) is -0.315. The molecular weight excluding hydrogens is 361 g/mol. The van der Waals surface area contributed by atoms with Gasteiger partial charge < -0.3 is 15.1 Å². The van der Waals surface area contributed by atoms with Crippen LogP contribution in [0.15, 0.2) is 30.6 Å². The summed E-state index contributed by atoms with van der Waals surface area (Å²) in [6, 6.07) is 4.21. The molecule has 0 radical (unpaired) electrons. The summed E-state index contributed by atoms with van der Waals surface area (Å²) in [5.41, 5.74) is 0.786. The Labute approximate surface area is 154 Å². The van der Waals surface area contributed by atoms with Crippen molar-refractivity contribution in [3.8, 4) is 0 Å². The number of carbonyl (C=O) groups is 2. The van der Waals surface area contributed by atoms with E-state index in [1.165, 1.54) is 37.5 Å². The topological polar surface area (TPSA) is 78.4 Å². The highest BCUT2D eigenvalue weighted by Crippen LogP contribution is 2.21. The summed E-state index contributed by atoms with van der Waals surface area (Å²) in [7, 11) is 0. The fraction of sp³-hybridized carbons (Fsp3) is 0.294. The Morgan fingerprint density at radius 3 is 2.38 bits per heavy atom. The zero-order valence-corrected chi connectivity index (χ0v) is 14.8. The van der Waals surface area contributed by atoms with Crippen molar-refractivity contribution in [2.45, 2.75) is 6.92 Å². The van der Waals surface area contributed by atoms with Crippen molar-refractivity contribution in [2.75, 3.05) is 31.5 Å². The quantitative estimate of drug-likeness (QED) is 0.888. The van der Waals surface area contributed by atoms with Gasteiger partial charge in [-0.1, -0.05) is 11.6 Å². The average molecular weight is 378 g/mol. The van der Waals surface area contributed by atoms with Crippen LogP contribution in [0, 0.1) is 5.82 Å². The molecule has 3 rings (SSSR count). The third-order valence-electron chi connectivity index (χ3n) is 4.08. The van der Waals surface area contributed by atoms with Gasteiger partial charge in [-0.2, -0.15) is 0 Å². The maximum absolute atomic E-state index is 13.2. The first-order valence-corrected chi connectivity index (χ1v) is 8.41. The second kappa shape index (κ2) is 7.65. The molecule has 1 aliphatic rings. The second-order valence-electron chi connectivity index (χ2n) is 5.84. The number of hydrogen-bond acceptors (Lipinski definition) is 5. The fourth-order valence-electron chi connectivity index (χ4n) is 2.61. The minimum Gasteiger partial charge on any atom is -0.339 e. The highest BCUT2D eigenvalue weighted by molar-refractivity contribution is 6.31. The molecule has 0 spiro atoms. The maximum atomic E-state index is 13.2. The minimum absolute atomic E-state index is 0.000500. The smallest absolute Gasteiger partial charge is 0.274 e. The van der Waals surface area contributed by atoms with Crippen LogP contribution in [0.1, 0.15) is 17.4 Å². The van der Waals surface area contributed by atoms with E-state index in [0.29, 0.717) is 37.7 Å². The van der Waals surface area contributed by atoms with Crippen molar-refractivity contribution in [3.63, 3.8) is 0 Å². The van der Waals surface area contributed by atoms with Crippen molar-refractivity contribution in [1.82, 2.24) is 19.8 Å². The molecule has 0 aliphatic carbocycles. The predicted molar refractivity (Wildman–Crippen MR) is 94.9 cm³/mol. The molecular formula is C17H17ClFN5O2. The van der Waals surface area contributed by atoms with Crippen LogP contribution in [0.5, 0.6) is 0 Å². The maximum Gasteiger partial charge on any atom is 0.274 e. The molecule has 26 heavy (non-hydrogen) atoms. The standard InChI is InChI=1S/C17H17ClFN5O2/c1-11(25)23-4-6-24(7-5-23)17(26)15-9-21-16(10-20-15)22-12-2-3-14(19)13(18)8-12/h2-3,8-10H,4-7H2,1H3,(H,21,22). The molecule has 1 N–H and O–H groups in total. The number of carbonyl (C=O) groups excluding carboxylic acids is 2. The van der Waals surface area contributed by atoms with E-state index < -0.39 is 5.82 Å². The van der Waals surface area contributed by atoms with Gasteiger partial charge >= 0.3 is 0 Å². The molecule has 2 amide bonds. The molecule has 1 fully saturated rings. The van der Waals surface area contributed by atoms with Crippen LogP contribution in [0.25, 0.3) is 0 Å². The zero-order chi connectivity index (χ0) is 18.7. The molecule has 1 aromatic carbocycles.